The van der Waals surface area contributed by atoms with Crippen molar-refractivity contribution < 1.29 is 14.3 Å². The number of hydrogen-bond donors (Lipinski definition) is 1. The predicted octanol–water partition coefficient (Wildman–Crippen LogP) is 3.25. The molecule has 2 amide bonds. The highest BCUT2D eigenvalue weighted by atomic mass is 16.5. The van der Waals surface area contributed by atoms with Crippen LogP contribution in [-0.4, -0.2) is 61.1 Å². The molecule has 0 radical (unpaired) electrons. The number of aromatic nitrogens is 1. The van der Waals surface area contributed by atoms with Crippen LogP contribution in [0.1, 0.15) is 58.4 Å². The van der Waals surface area contributed by atoms with Crippen LogP contribution in [0, 0.1) is 0 Å². The first kappa shape index (κ1) is 22.4. The first-order valence-corrected chi connectivity index (χ1v) is 11.7. The van der Waals surface area contributed by atoms with Crippen molar-refractivity contribution >= 4 is 17.5 Å². The molecular weight excluding hydrogens is 404 g/mol. The zero-order chi connectivity index (χ0) is 22.2. The molecule has 0 unspecified atom stereocenters. The lowest BCUT2D eigenvalue weighted by Gasteiger charge is -2.29. The molecule has 4 rings (SSSR count). The van der Waals surface area contributed by atoms with Crippen molar-refractivity contribution in [3.05, 3.63) is 59.4 Å². The van der Waals surface area contributed by atoms with E-state index < -0.39 is 0 Å². The van der Waals surface area contributed by atoms with Gasteiger partial charge in [-0.3, -0.25) is 14.6 Å². The average Bonchev–Trinajstić information content (AvgIpc) is 2.85. The van der Waals surface area contributed by atoms with Gasteiger partial charge in [-0.2, -0.15) is 0 Å². The summed E-state index contributed by atoms with van der Waals surface area (Å²) in [5.74, 6) is -0.0315. The number of ether oxygens (including phenoxy) is 1. The van der Waals surface area contributed by atoms with Crippen LogP contribution in [-0.2, 0) is 11.3 Å². The Kier molecular flexibility index (Phi) is 7.85. The van der Waals surface area contributed by atoms with Gasteiger partial charge < -0.3 is 19.9 Å². The molecule has 3 heterocycles. The number of rotatable bonds is 2. The van der Waals surface area contributed by atoms with Crippen molar-refractivity contribution in [2.24, 2.45) is 0 Å². The van der Waals surface area contributed by atoms with Crippen LogP contribution in [0.5, 0.6) is 0 Å². The van der Waals surface area contributed by atoms with Gasteiger partial charge in [0.2, 0.25) is 0 Å². The van der Waals surface area contributed by atoms with E-state index in [-0.39, 0.29) is 11.8 Å². The van der Waals surface area contributed by atoms with E-state index >= 15 is 0 Å². The quantitative estimate of drug-likeness (QED) is 0.782. The maximum Gasteiger partial charge on any atom is 0.259 e. The highest BCUT2D eigenvalue weighted by molar-refractivity contribution is 6.06. The van der Waals surface area contributed by atoms with E-state index in [4.69, 9.17) is 4.74 Å². The Morgan fingerprint density at radius 3 is 2.53 bits per heavy atom. The van der Waals surface area contributed by atoms with Crippen molar-refractivity contribution in [1.29, 1.82) is 0 Å². The van der Waals surface area contributed by atoms with Gasteiger partial charge in [0.25, 0.3) is 11.8 Å². The van der Waals surface area contributed by atoms with Crippen LogP contribution in [0.2, 0.25) is 0 Å². The van der Waals surface area contributed by atoms with Crippen LogP contribution >= 0.6 is 0 Å². The number of carbonyl (C=O) groups excluding carboxylic acids is 2. The molecule has 1 saturated heterocycles. The van der Waals surface area contributed by atoms with Crippen LogP contribution in [0.15, 0.2) is 42.7 Å². The van der Waals surface area contributed by atoms with Gasteiger partial charge in [-0.1, -0.05) is 19.3 Å². The van der Waals surface area contributed by atoms with Gasteiger partial charge in [0, 0.05) is 49.8 Å². The molecule has 1 N–H and O–H groups in total. The van der Waals surface area contributed by atoms with Gasteiger partial charge in [-0.15, -0.1) is 0 Å². The van der Waals surface area contributed by atoms with Crippen molar-refractivity contribution in [1.82, 2.24) is 15.2 Å². The van der Waals surface area contributed by atoms with Crippen molar-refractivity contribution in [3.63, 3.8) is 0 Å². The molecule has 0 saturated carbocycles. The number of fused-ring (bicyclic) bond motifs is 1. The first-order chi connectivity index (χ1) is 15.7. The maximum atomic E-state index is 13.4. The molecule has 0 spiro atoms. The summed E-state index contributed by atoms with van der Waals surface area (Å²) in [5, 5.41) is 3.51. The van der Waals surface area contributed by atoms with Gasteiger partial charge in [-0.05, 0) is 55.3 Å². The van der Waals surface area contributed by atoms with Crippen LogP contribution in [0.25, 0.3) is 0 Å². The summed E-state index contributed by atoms with van der Waals surface area (Å²) in [5.41, 5.74) is 3.08. The number of morpholine rings is 1. The van der Waals surface area contributed by atoms with Gasteiger partial charge in [0.05, 0.1) is 18.8 Å². The lowest BCUT2D eigenvalue weighted by molar-refractivity contribution is 0.0303. The van der Waals surface area contributed by atoms with E-state index in [0.29, 0.717) is 50.5 Å². The number of anilines is 1. The second-order valence-electron chi connectivity index (χ2n) is 8.39. The summed E-state index contributed by atoms with van der Waals surface area (Å²) in [6.45, 7) is 4.57. The Morgan fingerprint density at radius 1 is 0.906 bits per heavy atom. The smallest absolute Gasteiger partial charge is 0.259 e. The highest BCUT2D eigenvalue weighted by Gasteiger charge is 2.24. The summed E-state index contributed by atoms with van der Waals surface area (Å²) in [6, 6.07) is 9.34. The fraction of sp³-hybridized carbons (Fsp3) is 0.480. The third-order valence-electron chi connectivity index (χ3n) is 6.12. The van der Waals surface area contributed by atoms with E-state index in [0.717, 1.165) is 37.1 Å². The number of nitrogens with one attached hydrogen (secondary N) is 1. The number of amides is 2. The second kappa shape index (κ2) is 11.2. The van der Waals surface area contributed by atoms with Gasteiger partial charge >= 0.3 is 0 Å². The molecule has 2 aliphatic heterocycles. The fourth-order valence-corrected chi connectivity index (χ4v) is 4.32. The minimum atomic E-state index is -0.0522. The standard InChI is InChI=1S/C25H32N4O3/c30-24(28-13-15-32-16-14-28)20-8-9-23-22(17-20)19-26-10-4-2-1-3-5-12-29(23)25(31)21-7-6-11-27-18-21/h6-9,11,17-18,26H,1-5,10,12-16,19H2. The lowest BCUT2D eigenvalue weighted by atomic mass is 10.0. The molecule has 2 aliphatic rings. The lowest BCUT2D eigenvalue weighted by Crippen LogP contribution is -2.40. The SMILES string of the molecule is O=C(c1ccc2c(c1)CNCCCCCCCN2C(=O)c1cccnc1)N1CCOCC1. The topological polar surface area (TPSA) is 74.8 Å². The van der Waals surface area contributed by atoms with Crippen molar-refractivity contribution in [2.45, 2.75) is 38.6 Å². The zero-order valence-electron chi connectivity index (χ0n) is 18.6. The molecule has 0 aliphatic carbocycles. The molecule has 170 valence electrons. The van der Waals surface area contributed by atoms with E-state index in [1.54, 1.807) is 24.5 Å². The minimum Gasteiger partial charge on any atom is -0.378 e. The summed E-state index contributed by atoms with van der Waals surface area (Å²) in [4.78, 5) is 34.3. The number of benzene rings is 1. The van der Waals surface area contributed by atoms with Crippen LogP contribution in [0.3, 0.4) is 0 Å². The van der Waals surface area contributed by atoms with Crippen molar-refractivity contribution in [2.75, 3.05) is 44.3 Å². The largest absolute Gasteiger partial charge is 0.378 e. The Morgan fingerprint density at radius 2 is 1.72 bits per heavy atom. The Labute approximate surface area is 189 Å². The molecule has 1 aromatic heterocycles. The third kappa shape index (κ3) is 5.53. The average molecular weight is 437 g/mol. The van der Waals surface area contributed by atoms with Crippen LogP contribution < -0.4 is 10.2 Å². The van der Waals surface area contributed by atoms with Crippen LogP contribution in [0.4, 0.5) is 5.69 Å². The zero-order valence-corrected chi connectivity index (χ0v) is 18.6. The van der Waals surface area contributed by atoms with E-state index in [9.17, 15) is 9.59 Å². The minimum absolute atomic E-state index is 0.0207. The molecule has 0 atom stereocenters. The molecule has 1 aromatic carbocycles. The Bertz CT molecular complexity index is 913. The third-order valence-corrected chi connectivity index (χ3v) is 6.12. The van der Waals surface area contributed by atoms with E-state index in [1.807, 2.05) is 28.0 Å². The van der Waals surface area contributed by atoms with Gasteiger partial charge in [0.15, 0.2) is 0 Å². The second-order valence-corrected chi connectivity index (χ2v) is 8.39. The number of carbonyl (C=O) groups is 2. The summed E-state index contributed by atoms with van der Waals surface area (Å²) in [6.07, 6.45) is 8.84. The van der Waals surface area contributed by atoms with Crippen molar-refractivity contribution in [3.8, 4) is 0 Å². The maximum absolute atomic E-state index is 13.4. The normalized spacial score (nSPS) is 18.2. The monoisotopic (exact) mass is 436 g/mol. The summed E-state index contributed by atoms with van der Waals surface area (Å²) >= 11 is 0. The molecule has 1 fully saturated rings. The molecule has 7 nitrogen and oxygen atoms in total. The van der Waals surface area contributed by atoms with E-state index in [2.05, 4.69) is 10.3 Å². The number of nitrogens with zero attached hydrogens (tertiary/aromatic N) is 3. The number of pyridine rings is 1. The van der Waals surface area contributed by atoms with Gasteiger partial charge in [0.1, 0.15) is 0 Å². The highest BCUT2D eigenvalue weighted by Crippen LogP contribution is 2.26. The predicted molar refractivity (Wildman–Crippen MR) is 124 cm³/mol. The molecule has 2 aromatic rings. The van der Waals surface area contributed by atoms with Gasteiger partial charge in [-0.25, -0.2) is 0 Å². The summed E-state index contributed by atoms with van der Waals surface area (Å²) < 4.78 is 5.38. The molecule has 7 heteroatoms. The first-order valence-electron chi connectivity index (χ1n) is 11.7. The molecular formula is C25H32N4O3. The fourth-order valence-electron chi connectivity index (χ4n) is 4.32. The Hall–Kier alpha value is -2.77. The Balaban J connectivity index is 1.66. The molecule has 0 bridgehead atoms. The summed E-state index contributed by atoms with van der Waals surface area (Å²) in [7, 11) is 0. The molecule has 32 heavy (non-hydrogen) atoms. The number of hydrogen-bond acceptors (Lipinski definition) is 5. The van der Waals surface area contributed by atoms with E-state index in [1.165, 1.54) is 12.8 Å².